The molecule has 0 fully saturated rings. The van der Waals surface area contributed by atoms with Crippen molar-refractivity contribution in [1.29, 1.82) is 0 Å². The summed E-state index contributed by atoms with van der Waals surface area (Å²) in [4.78, 5) is 34.1. The lowest BCUT2D eigenvalue weighted by Gasteiger charge is -2.21. The minimum Gasteiger partial charge on any atom is -0.478 e. The van der Waals surface area contributed by atoms with E-state index in [-0.39, 0.29) is 22.4 Å². The predicted molar refractivity (Wildman–Crippen MR) is 79.5 cm³/mol. The first kappa shape index (κ1) is 17.0. The molecule has 7 heteroatoms. The van der Waals surface area contributed by atoms with Crippen LogP contribution < -0.4 is 10.6 Å². The number of aromatic carboxylic acids is 1. The van der Waals surface area contributed by atoms with Gasteiger partial charge in [0.15, 0.2) is 0 Å². The molecule has 1 aromatic rings. The van der Waals surface area contributed by atoms with Crippen LogP contribution >= 0.6 is 11.6 Å². The minimum absolute atomic E-state index is 0.0280. The number of anilines is 1. The SMILES string of the molecule is CC(=O)NC(C(=O)Nc1ccc(C(=O)O)cc1Cl)C(C)C. The van der Waals surface area contributed by atoms with Crippen LogP contribution in [0.25, 0.3) is 0 Å². The number of rotatable bonds is 5. The Hall–Kier alpha value is -2.08. The van der Waals surface area contributed by atoms with Crippen molar-refractivity contribution in [2.24, 2.45) is 5.92 Å². The molecule has 0 radical (unpaired) electrons. The van der Waals surface area contributed by atoms with Crippen LogP contribution in [0.2, 0.25) is 5.02 Å². The Morgan fingerprint density at radius 2 is 1.86 bits per heavy atom. The number of benzene rings is 1. The first-order valence-corrected chi connectivity index (χ1v) is 6.71. The van der Waals surface area contributed by atoms with Gasteiger partial charge >= 0.3 is 5.97 Å². The van der Waals surface area contributed by atoms with Crippen LogP contribution in [0.3, 0.4) is 0 Å². The van der Waals surface area contributed by atoms with Crippen molar-refractivity contribution in [3.8, 4) is 0 Å². The van der Waals surface area contributed by atoms with Gasteiger partial charge in [-0.25, -0.2) is 4.79 Å². The van der Waals surface area contributed by atoms with E-state index in [4.69, 9.17) is 16.7 Å². The van der Waals surface area contributed by atoms with Crippen LogP contribution in [-0.4, -0.2) is 28.9 Å². The first-order valence-electron chi connectivity index (χ1n) is 6.33. The number of nitrogens with one attached hydrogen (secondary N) is 2. The Labute approximate surface area is 127 Å². The summed E-state index contributed by atoms with van der Waals surface area (Å²) in [6.45, 7) is 4.93. The summed E-state index contributed by atoms with van der Waals surface area (Å²) in [7, 11) is 0. The highest BCUT2D eigenvalue weighted by Crippen LogP contribution is 2.23. The highest BCUT2D eigenvalue weighted by molar-refractivity contribution is 6.34. The molecule has 114 valence electrons. The summed E-state index contributed by atoms with van der Waals surface area (Å²) < 4.78 is 0. The van der Waals surface area contributed by atoms with Gasteiger partial charge in [-0.2, -0.15) is 0 Å². The molecule has 0 saturated carbocycles. The molecule has 0 aromatic heterocycles. The van der Waals surface area contributed by atoms with Gasteiger partial charge in [0.25, 0.3) is 0 Å². The lowest BCUT2D eigenvalue weighted by atomic mass is 10.0. The number of carbonyl (C=O) groups excluding carboxylic acids is 2. The van der Waals surface area contributed by atoms with E-state index in [9.17, 15) is 14.4 Å². The molecule has 1 rings (SSSR count). The topological polar surface area (TPSA) is 95.5 Å². The molecule has 0 aliphatic carbocycles. The average molecular weight is 313 g/mol. The number of carboxylic acid groups (broad SMARTS) is 1. The number of halogens is 1. The van der Waals surface area contributed by atoms with Crippen LogP contribution in [0.1, 0.15) is 31.1 Å². The Morgan fingerprint density at radius 1 is 1.24 bits per heavy atom. The van der Waals surface area contributed by atoms with E-state index < -0.39 is 17.9 Å². The van der Waals surface area contributed by atoms with E-state index in [1.54, 1.807) is 13.8 Å². The Kier molecular flexibility index (Phi) is 5.72. The van der Waals surface area contributed by atoms with Gasteiger partial charge in [-0.3, -0.25) is 9.59 Å². The highest BCUT2D eigenvalue weighted by atomic mass is 35.5. The third kappa shape index (κ3) is 4.75. The van der Waals surface area contributed by atoms with Crippen LogP contribution in [0.4, 0.5) is 5.69 Å². The number of hydrogen-bond acceptors (Lipinski definition) is 3. The van der Waals surface area contributed by atoms with Gasteiger partial charge in [0.05, 0.1) is 16.3 Å². The maximum absolute atomic E-state index is 12.2. The summed E-state index contributed by atoms with van der Waals surface area (Å²) in [5.41, 5.74) is 0.322. The van der Waals surface area contributed by atoms with Crippen molar-refractivity contribution in [1.82, 2.24) is 5.32 Å². The van der Waals surface area contributed by atoms with Crippen molar-refractivity contribution in [2.45, 2.75) is 26.8 Å². The quantitative estimate of drug-likeness (QED) is 0.776. The number of carboxylic acids is 1. The molecule has 1 atom stereocenters. The molecule has 1 aromatic carbocycles. The predicted octanol–water partition coefficient (Wildman–Crippen LogP) is 2.14. The second kappa shape index (κ2) is 7.08. The second-order valence-corrected chi connectivity index (χ2v) is 5.32. The van der Waals surface area contributed by atoms with E-state index in [1.165, 1.54) is 25.1 Å². The molecule has 2 amide bonds. The van der Waals surface area contributed by atoms with Crippen LogP contribution in [0.15, 0.2) is 18.2 Å². The van der Waals surface area contributed by atoms with Crippen molar-refractivity contribution >= 4 is 35.1 Å². The van der Waals surface area contributed by atoms with Gasteiger partial charge in [0, 0.05) is 6.92 Å². The van der Waals surface area contributed by atoms with E-state index in [2.05, 4.69) is 10.6 Å². The maximum atomic E-state index is 12.2. The van der Waals surface area contributed by atoms with E-state index >= 15 is 0 Å². The molecule has 0 aliphatic heterocycles. The fourth-order valence-electron chi connectivity index (χ4n) is 1.71. The van der Waals surface area contributed by atoms with Gasteiger partial charge in [0.2, 0.25) is 11.8 Å². The summed E-state index contributed by atoms with van der Waals surface area (Å²) in [5.74, 6) is -1.93. The molecule has 21 heavy (non-hydrogen) atoms. The summed E-state index contributed by atoms with van der Waals surface area (Å²) >= 11 is 5.94. The van der Waals surface area contributed by atoms with Crippen molar-refractivity contribution in [3.63, 3.8) is 0 Å². The number of amides is 2. The van der Waals surface area contributed by atoms with E-state index in [0.717, 1.165) is 0 Å². The first-order chi connectivity index (χ1) is 9.72. The molecule has 1 unspecified atom stereocenters. The van der Waals surface area contributed by atoms with Crippen molar-refractivity contribution in [2.75, 3.05) is 5.32 Å². The Bertz CT molecular complexity index is 572. The lowest BCUT2D eigenvalue weighted by molar-refractivity contribution is -0.126. The zero-order chi connectivity index (χ0) is 16.2. The van der Waals surface area contributed by atoms with Crippen LogP contribution in [0.5, 0.6) is 0 Å². The lowest BCUT2D eigenvalue weighted by Crippen LogP contribution is -2.46. The van der Waals surface area contributed by atoms with E-state index in [1.807, 2.05) is 0 Å². The van der Waals surface area contributed by atoms with Crippen LogP contribution in [0, 0.1) is 5.92 Å². The van der Waals surface area contributed by atoms with Crippen LogP contribution in [-0.2, 0) is 9.59 Å². The monoisotopic (exact) mass is 312 g/mol. The molecular formula is C14H17ClN2O4. The summed E-state index contributed by atoms with van der Waals surface area (Å²) in [5, 5.41) is 14.1. The minimum atomic E-state index is -1.10. The Morgan fingerprint density at radius 3 is 2.29 bits per heavy atom. The molecule has 0 bridgehead atoms. The second-order valence-electron chi connectivity index (χ2n) is 4.91. The third-order valence-corrected chi connectivity index (χ3v) is 3.09. The zero-order valence-electron chi connectivity index (χ0n) is 11.9. The van der Waals surface area contributed by atoms with Gasteiger partial charge in [-0.1, -0.05) is 25.4 Å². The highest BCUT2D eigenvalue weighted by Gasteiger charge is 2.23. The maximum Gasteiger partial charge on any atom is 0.335 e. The van der Waals surface area contributed by atoms with Gasteiger partial charge in [0.1, 0.15) is 6.04 Å². The summed E-state index contributed by atoms with van der Waals surface area (Å²) in [6, 6.07) is 3.31. The molecule has 6 nitrogen and oxygen atoms in total. The average Bonchev–Trinajstić information content (AvgIpc) is 2.37. The molecule has 0 spiro atoms. The van der Waals surface area contributed by atoms with Gasteiger partial charge in [-0.15, -0.1) is 0 Å². The number of carbonyl (C=O) groups is 3. The van der Waals surface area contributed by atoms with Gasteiger partial charge in [-0.05, 0) is 24.1 Å². The zero-order valence-corrected chi connectivity index (χ0v) is 12.7. The number of hydrogen-bond donors (Lipinski definition) is 3. The van der Waals surface area contributed by atoms with E-state index in [0.29, 0.717) is 5.69 Å². The van der Waals surface area contributed by atoms with Crippen molar-refractivity contribution in [3.05, 3.63) is 28.8 Å². The smallest absolute Gasteiger partial charge is 0.335 e. The third-order valence-electron chi connectivity index (χ3n) is 2.78. The molecule has 0 saturated heterocycles. The standard InChI is InChI=1S/C14H17ClN2O4/c1-7(2)12(16-8(3)18)13(19)17-11-5-4-9(14(20)21)6-10(11)15/h4-7,12H,1-3H3,(H,16,18)(H,17,19)(H,20,21). The molecule has 0 heterocycles. The fourth-order valence-corrected chi connectivity index (χ4v) is 1.94. The van der Waals surface area contributed by atoms with Gasteiger partial charge < -0.3 is 15.7 Å². The normalized spacial score (nSPS) is 11.9. The molecule has 3 N–H and O–H groups in total. The Balaban J connectivity index is 2.91. The van der Waals surface area contributed by atoms with Crippen molar-refractivity contribution < 1.29 is 19.5 Å². The fraction of sp³-hybridized carbons (Fsp3) is 0.357. The molecular weight excluding hydrogens is 296 g/mol. The largest absolute Gasteiger partial charge is 0.478 e. The summed E-state index contributed by atoms with van der Waals surface area (Å²) in [6.07, 6.45) is 0. The molecule has 0 aliphatic rings.